The molecule has 0 aliphatic heterocycles. The van der Waals surface area contributed by atoms with Crippen molar-refractivity contribution in [2.24, 2.45) is 0 Å². The zero-order valence-electron chi connectivity index (χ0n) is 12.3. The lowest BCUT2D eigenvalue weighted by Crippen LogP contribution is -2.43. The standard InChI is InChI=1S/C15H24N2O3S/c18-15(9-4-1-2-5-10-15)13-17-21(19,20)12-8-14-7-3-6-11-16-14/h3,6-7,11,17-18H,1-2,4-5,8-10,12-13H2. The molecule has 1 fully saturated rings. The second kappa shape index (κ2) is 7.33. The Kier molecular flexibility index (Phi) is 5.72. The monoisotopic (exact) mass is 312 g/mol. The number of rotatable bonds is 6. The van der Waals surface area contributed by atoms with Gasteiger partial charge in [-0.05, 0) is 25.0 Å². The van der Waals surface area contributed by atoms with Gasteiger partial charge in [0.2, 0.25) is 10.0 Å². The summed E-state index contributed by atoms with van der Waals surface area (Å²) >= 11 is 0. The van der Waals surface area contributed by atoms with Gasteiger partial charge in [0, 0.05) is 24.9 Å². The van der Waals surface area contributed by atoms with Crippen LogP contribution in [-0.4, -0.2) is 36.4 Å². The van der Waals surface area contributed by atoms with E-state index in [1.54, 1.807) is 12.3 Å². The summed E-state index contributed by atoms with van der Waals surface area (Å²) in [6.07, 6.45) is 7.56. The Bertz CT molecular complexity index is 523. The minimum absolute atomic E-state index is 0.0000926. The Balaban J connectivity index is 1.83. The fraction of sp³-hybridized carbons (Fsp3) is 0.667. The molecule has 1 aromatic rings. The van der Waals surface area contributed by atoms with Crippen molar-refractivity contribution < 1.29 is 13.5 Å². The summed E-state index contributed by atoms with van der Waals surface area (Å²) in [5.41, 5.74) is -0.120. The Morgan fingerprint density at radius 2 is 1.90 bits per heavy atom. The van der Waals surface area contributed by atoms with E-state index in [-0.39, 0.29) is 12.3 Å². The molecule has 0 spiro atoms. The molecular weight excluding hydrogens is 288 g/mol. The molecule has 1 aliphatic rings. The third-order valence-corrected chi connectivity index (χ3v) is 5.33. The van der Waals surface area contributed by atoms with Crippen molar-refractivity contribution in [3.05, 3.63) is 30.1 Å². The Morgan fingerprint density at radius 3 is 2.52 bits per heavy atom. The van der Waals surface area contributed by atoms with E-state index in [1.165, 1.54) is 0 Å². The van der Waals surface area contributed by atoms with Gasteiger partial charge >= 0.3 is 0 Å². The van der Waals surface area contributed by atoms with Crippen LogP contribution < -0.4 is 4.72 Å². The highest BCUT2D eigenvalue weighted by molar-refractivity contribution is 7.89. The maximum absolute atomic E-state index is 12.0. The van der Waals surface area contributed by atoms with Crippen LogP contribution in [0, 0.1) is 0 Å². The van der Waals surface area contributed by atoms with Crippen molar-refractivity contribution in [2.75, 3.05) is 12.3 Å². The summed E-state index contributed by atoms with van der Waals surface area (Å²) in [5.74, 6) is 0.0000926. The molecule has 21 heavy (non-hydrogen) atoms. The van der Waals surface area contributed by atoms with Gasteiger partial charge in [-0.15, -0.1) is 0 Å². The first-order chi connectivity index (χ1) is 9.99. The Hall–Kier alpha value is -0.980. The fourth-order valence-corrected chi connectivity index (χ4v) is 3.78. The highest BCUT2D eigenvalue weighted by Crippen LogP contribution is 2.26. The van der Waals surface area contributed by atoms with Crippen LogP contribution in [0.15, 0.2) is 24.4 Å². The summed E-state index contributed by atoms with van der Waals surface area (Å²) in [7, 11) is -3.38. The number of hydrogen-bond donors (Lipinski definition) is 2. The minimum atomic E-state index is -3.38. The van der Waals surface area contributed by atoms with Gasteiger partial charge in [0.05, 0.1) is 11.4 Å². The number of sulfonamides is 1. The topological polar surface area (TPSA) is 79.3 Å². The number of nitrogens with one attached hydrogen (secondary N) is 1. The van der Waals surface area contributed by atoms with Gasteiger partial charge in [-0.25, -0.2) is 13.1 Å². The molecule has 0 bridgehead atoms. The number of nitrogens with zero attached hydrogens (tertiary/aromatic N) is 1. The van der Waals surface area contributed by atoms with Crippen LogP contribution in [0.25, 0.3) is 0 Å². The maximum Gasteiger partial charge on any atom is 0.212 e. The normalized spacial score (nSPS) is 19.1. The van der Waals surface area contributed by atoms with Gasteiger partial charge < -0.3 is 5.11 Å². The third kappa shape index (κ3) is 5.73. The maximum atomic E-state index is 12.0. The first-order valence-corrected chi connectivity index (χ1v) is 9.24. The molecule has 0 aromatic carbocycles. The van der Waals surface area contributed by atoms with E-state index in [0.717, 1.165) is 31.4 Å². The first-order valence-electron chi connectivity index (χ1n) is 7.59. The molecule has 1 aliphatic carbocycles. The zero-order chi connectivity index (χ0) is 15.2. The molecule has 1 saturated carbocycles. The van der Waals surface area contributed by atoms with Crippen LogP contribution in [0.4, 0.5) is 0 Å². The van der Waals surface area contributed by atoms with Gasteiger partial charge in [-0.2, -0.15) is 0 Å². The van der Waals surface area contributed by atoms with Crippen LogP contribution >= 0.6 is 0 Å². The highest BCUT2D eigenvalue weighted by Gasteiger charge is 2.29. The van der Waals surface area contributed by atoms with Gasteiger partial charge in [-0.3, -0.25) is 4.98 Å². The van der Waals surface area contributed by atoms with E-state index >= 15 is 0 Å². The summed E-state index contributed by atoms with van der Waals surface area (Å²) in [6.45, 7) is 0.123. The van der Waals surface area contributed by atoms with E-state index in [4.69, 9.17) is 0 Å². The number of aryl methyl sites for hydroxylation is 1. The number of hydrogen-bond acceptors (Lipinski definition) is 4. The van der Waals surface area contributed by atoms with E-state index < -0.39 is 15.6 Å². The SMILES string of the molecule is O=S(=O)(CCc1ccccn1)NCC1(O)CCCCCC1. The Morgan fingerprint density at radius 1 is 1.19 bits per heavy atom. The van der Waals surface area contributed by atoms with Crippen molar-refractivity contribution in [1.29, 1.82) is 0 Å². The van der Waals surface area contributed by atoms with E-state index in [2.05, 4.69) is 9.71 Å². The van der Waals surface area contributed by atoms with E-state index in [1.807, 2.05) is 12.1 Å². The summed E-state index contributed by atoms with van der Waals surface area (Å²) < 4.78 is 26.6. The van der Waals surface area contributed by atoms with Gasteiger partial charge in [-0.1, -0.05) is 31.7 Å². The van der Waals surface area contributed by atoms with Gasteiger partial charge in [0.25, 0.3) is 0 Å². The minimum Gasteiger partial charge on any atom is -0.389 e. The third-order valence-electron chi connectivity index (χ3n) is 4.01. The summed E-state index contributed by atoms with van der Waals surface area (Å²) in [6, 6.07) is 5.46. The quantitative estimate of drug-likeness (QED) is 0.783. The molecule has 2 rings (SSSR count). The van der Waals surface area contributed by atoms with Crippen molar-refractivity contribution in [3.63, 3.8) is 0 Å². The predicted octanol–water partition coefficient (Wildman–Crippen LogP) is 1.63. The zero-order valence-corrected chi connectivity index (χ0v) is 13.1. The van der Waals surface area contributed by atoms with Gasteiger partial charge in [0.1, 0.15) is 0 Å². The van der Waals surface area contributed by atoms with Crippen molar-refractivity contribution in [2.45, 2.75) is 50.5 Å². The van der Waals surface area contributed by atoms with Crippen molar-refractivity contribution in [3.8, 4) is 0 Å². The molecule has 5 nitrogen and oxygen atoms in total. The number of aromatic nitrogens is 1. The van der Waals surface area contributed by atoms with Crippen LogP contribution in [0.1, 0.15) is 44.2 Å². The van der Waals surface area contributed by atoms with E-state index in [0.29, 0.717) is 19.3 Å². The molecule has 118 valence electrons. The number of pyridine rings is 1. The smallest absolute Gasteiger partial charge is 0.212 e. The lowest BCUT2D eigenvalue weighted by atomic mass is 9.95. The van der Waals surface area contributed by atoms with Crippen LogP contribution in [0.2, 0.25) is 0 Å². The molecule has 0 unspecified atom stereocenters. The molecule has 0 saturated heterocycles. The molecule has 0 amide bonds. The molecule has 0 atom stereocenters. The molecule has 1 heterocycles. The molecule has 2 N–H and O–H groups in total. The molecule has 1 aromatic heterocycles. The lowest BCUT2D eigenvalue weighted by molar-refractivity contribution is 0.0303. The average molecular weight is 312 g/mol. The second-order valence-electron chi connectivity index (χ2n) is 5.85. The number of aliphatic hydroxyl groups is 1. The average Bonchev–Trinajstić information content (AvgIpc) is 2.70. The lowest BCUT2D eigenvalue weighted by Gasteiger charge is -2.26. The molecule has 6 heteroatoms. The molecular formula is C15H24N2O3S. The largest absolute Gasteiger partial charge is 0.389 e. The first kappa shape index (κ1) is 16.4. The van der Waals surface area contributed by atoms with Crippen LogP contribution in [0.5, 0.6) is 0 Å². The van der Waals surface area contributed by atoms with Crippen molar-refractivity contribution >= 4 is 10.0 Å². The molecule has 0 radical (unpaired) electrons. The van der Waals surface area contributed by atoms with E-state index in [9.17, 15) is 13.5 Å². The highest BCUT2D eigenvalue weighted by atomic mass is 32.2. The van der Waals surface area contributed by atoms with Gasteiger partial charge in [0.15, 0.2) is 0 Å². The predicted molar refractivity (Wildman–Crippen MR) is 82.4 cm³/mol. The Labute approximate surface area is 126 Å². The van der Waals surface area contributed by atoms with Crippen molar-refractivity contribution in [1.82, 2.24) is 9.71 Å². The fourth-order valence-electron chi connectivity index (χ4n) is 2.66. The second-order valence-corrected chi connectivity index (χ2v) is 7.78. The van der Waals surface area contributed by atoms with Crippen LogP contribution in [0.3, 0.4) is 0 Å². The summed E-state index contributed by atoms with van der Waals surface area (Å²) in [4.78, 5) is 4.12. The van der Waals surface area contributed by atoms with Crippen LogP contribution in [-0.2, 0) is 16.4 Å². The summed E-state index contributed by atoms with van der Waals surface area (Å²) in [5, 5.41) is 10.5.